The van der Waals surface area contributed by atoms with Gasteiger partial charge in [0.25, 0.3) is 0 Å². The van der Waals surface area contributed by atoms with E-state index in [0.29, 0.717) is 34.9 Å². The lowest BCUT2D eigenvalue weighted by molar-refractivity contribution is -0.116. The minimum atomic E-state index is -0.340. The number of hydrogen-bond donors (Lipinski definition) is 3. The Hall–Kier alpha value is -5.13. The third-order valence-electron chi connectivity index (χ3n) is 8.16. The van der Waals surface area contributed by atoms with Crippen LogP contribution in [0.25, 0.3) is 55.7 Å². The first kappa shape index (κ1) is 29.6. The highest BCUT2D eigenvalue weighted by Gasteiger charge is 2.17. The summed E-state index contributed by atoms with van der Waals surface area (Å²) in [5.74, 6) is 0.0577. The summed E-state index contributed by atoms with van der Waals surface area (Å²) in [6, 6.07) is 18.5. The molecule has 234 valence electrons. The van der Waals surface area contributed by atoms with E-state index in [1.807, 2.05) is 62.6 Å². The largest absolute Gasteiger partial charge is 0.492 e. The van der Waals surface area contributed by atoms with Gasteiger partial charge in [-0.25, -0.2) is 9.37 Å². The number of likely N-dealkylation sites (tertiary alicyclic amines) is 1. The molecule has 0 atom stereocenters. The molecule has 1 fully saturated rings. The summed E-state index contributed by atoms with van der Waals surface area (Å²) < 4.78 is 20.8. The number of hydrogen-bond acceptors (Lipinski definition) is 7. The van der Waals surface area contributed by atoms with Crippen molar-refractivity contribution in [2.75, 3.05) is 52.2 Å². The summed E-state index contributed by atoms with van der Waals surface area (Å²) in [5, 5.41) is 11.5. The number of likely N-dealkylation sites (N-methyl/N-ethyl adjacent to an activating group) is 1. The molecule has 5 heterocycles. The number of ether oxygens (including phenoxy) is 1. The summed E-state index contributed by atoms with van der Waals surface area (Å²) in [6.45, 7) is 3.82. The molecule has 0 spiro atoms. The van der Waals surface area contributed by atoms with Gasteiger partial charge in [-0.1, -0.05) is 12.1 Å². The van der Waals surface area contributed by atoms with E-state index >= 15 is 0 Å². The molecular weight excluding hydrogens is 583 g/mol. The number of rotatable bonds is 10. The Balaban J connectivity index is 1.18. The highest BCUT2D eigenvalue weighted by atomic mass is 19.1. The topological polar surface area (TPSA) is 115 Å². The second-order valence-electron chi connectivity index (χ2n) is 11.9. The number of aromatic amines is 2. The van der Waals surface area contributed by atoms with Crippen LogP contribution in [0.3, 0.4) is 0 Å². The maximum absolute atomic E-state index is 14.8. The van der Waals surface area contributed by atoms with Crippen LogP contribution in [0.4, 0.5) is 10.1 Å². The van der Waals surface area contributed by atoms with Crippen molar-refractivity contribution in [3.8, 4) is 39.5 Å². The average molecular weight is 619 g/mol. The SMILES string of the molecule is CN(C)CC(=O)Nc1cncc(-c2ccc3[nH]nc(-c4cc5c(-c6cc(F)cc(OCCN7CCCC7)c6)cccc5[nH]4)c3n2)c1. The summed E-state index contributed by atoms with van der Waals surface area (Å²) >= 11 is 0. The van der Waals surface area contributed by atoms with E-state index in [1.54, 1.807) is 17.3 Å². The van der Waals surface area contributed by atoms with Crippen LogP contribution in [-0.4, -0.2) is 87.7 Å². The number of fused-ring (bicyclic) bond motifs is 2. The lowest BCUT2D eigenvalue weighted by Crippen LogP contribution is -2.27. The number of nitrogens with zero attached hydrogens (tertiary/aromatic N) is 5. The average Bonchev–Trinajstić information content (AvgIpc) is 3.80. The lowest BCUT2D eigenvalue weighted by Gasteiger charge is -2.15. The normalized spacial score (nSPS) is 13.7. The molecule has 0 aliphatic carbocycles. The Bertz CT molecular complexity index is 2030. The monoisotopic (exact) mass is 618 g/mol. The maximum Gasteiger partial charge on any atom is 0.238 e. The number of benzene rings is 2. The van der Waals surface area contributed by atoms with E-state index in [2.05, 4.69) is 30.4 Å². The number of halogens is 1. The standard InChI is InChI=1S/C35H35FN8O2/c1-43(2)21-33(45)38-25-15-23(19-37-20-25)29-8-9-31-34(40-29)35(42-41-31)32-18-28-27(6-5-7-30(28)39-32)22-14-24(36)17-26(16-22)46-13-12-44-10-3-4-11-44/h5-9,14-20,39H,3-4,10-13,21H2,1-2H3,(H,38,45)(H,41,42). The molecule has 10 nitrogen and oxygen atoms in total. The molecule has 1 aliphatic heterocycles. The van der Waals surface area contributed by atoms with Crippen LogP contribution >= 0.6 is 0 Å². The molecule has 7 rings (SSSR count). The van der Waals surface area contributed by atoms with Crippen LogP contribution in [-0.2, 0) is 4.79 Å². The van der Waals surface area contributed by atoms with Crippen molar-refractivity contribution < 1.29 is 13.9 Å². The van der Waals surface area contributed by atoms with Crippen LogP contribution in [0.15, 0.2) is 73.1 Å². The quantitative estimate of drug-likeness (QED) is 0.174. The summed E-state index contributed by atoms with van der Waals surface area (Å²) in [5.41, 5.74) is 7.48. The first-order valence-corrected chi connectivity index (χ1v) is 15.4. The van der Waals surface area contributed by atoms with Crippen molar-refractivity contribution in [3.05, 3.63) is 78.9 Å². The van der Waals surface area contributed by atoms with Crippen molar-refractivity contribution in [1.29, 1.82) is 0 Å². The minimum Gasteiger partial charge on any atom is -0.492 e. The number of nitrogens with one attached hydrogen (secondary N) is 3. The molecule has 2 aromatic carbocycles. The summed E-state index contributed by atoms with van der Waals surface area (Å²) in [6.07, 6.45) is 5.78. The highest BCUT2D eigenvalue weighted by Crippen LogP contribution is 2.36. The highest BCUT2D eigenvalue weighted by molar-refractivity contribution is 6.00. The Kier molecular flexibility index (Phi) is 8.17. The molecule has 3 N–H and O–H groups in total. The third kappa shape index (κ3) is 6.33. The smallest absolute Gasteiger partial charge is 0.238 e. The zero-order valence-corrected chi connectivity index (χ0v) is 25.8. The third-order valence-corrected chi connectivity index (χ3v) is 8.16. The van der Waals surface area contributed by atoms with E-state index < -0.39 is 0 Å². The van der Waals surface area contributed by atoms with Gasteiger partial charge in [0.15, 0.2) is 0 Å². The van der Waals surface area contributed by atoms with Gasteiger partial charge in [-0.3, -0.25) is 19.8 Å². The Labute approximate surface area is 265 Å². The molecular formula is C35H35FN8O2. The molecule has 0 radical (unpaired) electrons. The van der Waals surface area contributed by atoms with Gasteiger partial charge in [-0.15, -0.1) is 0 Å². The molecule has 11 heteroatoms. The maximum atomic E-state index is 14.8. The first-order chi connectivity index (χ1) is 22.4. The van der Waals surface area contributed by atoms with Crippen LogP contribution < -0.4 is 10.1 Å². The van der Waals surface area contributed by atoms with Gasteiger partial charge in [-0.05, 0) is 93.6 Å². The van der Waals surface area contributed by atoms with E-state index in [0.717, 1.165) is 58.4 Å². The van der Waals surface area contributed by atoms with Crippen LogP contribution in [0, 0.1) is 5.82 Å². The van der Waals surface area contributed by atoms with Gasteiger partial charge >= 0.3 is 0 Å². The second kappa shape index (κ2) is 12.7. The summed E-state index contributed by atoms with van der Waals surface area (Å²) in [7, 11) is 3.68. The number of aromatic nitrogens is 5. The van der Waals surface area contributed by atoms with E-state index in [4.69, 9.17) is 9.72 Å². The summed E-state index contributed by atoms with van der Waals surface area (Å²) in [4.78, 5) is 29.2. The molecule has 0 saturated carbocycles. The van der Waals surface area contributed by atoms with Gasteiger partial charge in [0.1, 0.15) is 29.4 Å². The van der Waals surface area contributed by atoms with Crippen molar-refractivity contribution in [2.45, 2.75) is 12.8 Å². The minimum absolute atomic E-state index is 0.123. The fourth-order valence-corrected chi connectivity index (χ4v) is 6.02. The molecule has 6 aromatic rings. The van der Waals surface area contributed by atoms with E-state index in [-0.39, 0.29) is 18.3 Å². The fourth-order valence-electron chi connectivity index (χ4n) is 6.02. The van der Waals surface area contributed by atoms with E-state index in [1.165, 1.54) is 25.0 Å². The number of amides is 1. The van der Waals surface area contributed by atoms with Gasteiger partial charge in [-0.2, -0.15) is 5.10 Å². The number of carbonyl (C=O) groups is 1. The molecule has 0 bridgehead atoms. The van der Waals surface area contributed by atoms with Gasteiger partial charge < -0.3 is 19.9 Å². The Morgan fingerprint density at radius 2 is 1.89 bits per heavy atom. The first-order valence-electron chi connectivity index (χ1n) is 15.4. The zero-order chi connectivity index (χ0) is 31.6. The second-order valence-corrected chi connectivity index (χ2v) is 11.9. The van der Waals surface area contributed by atoms with Gasteiger partial charge in [0.05, 0.1) is 35.3 Å². The Morgan fingerprint density at radius 3 is 2.74 bits per heavy atom. The molecule has 4 aromatic heterocycles. The van der Waals surface area contributed by atoms with Crippen LogP contribution in [0.5, 0.6) is 5.75 Å². The number of H-pyrrole nitrogens is 2. The van der Waals surface area contributed by atoms with Crippen molar-refractivity contribution in [2.24, 2.45) is 0 Å². The number of anilines is 1. The van der Waals surface area contributed by atoms with Gasteiger partial charge in [0, 0.05) is 35.3 Å². The molecule has 46 heavy (non-hydrogen) atoms. The lowest BCUT2D eigenvalue weighted by atomic mass is 10.0. The number of carbonyl (C=O) groups excluding carboxylic acids is 1. The predicted molar refractivity (Wildman–Crippen MR) is 178 cm³/mol. The molecule has 0 unspecified atom stereocenters. The Morgan fingerprint density at radius 1 is 1.02 bits per heavy atom. The number of pyridine rings is 2. The van der Waals surface area contributed by atoms with Crippen molar-refractivity contribution in [1.82, 2.24) is 34.9 Å². The fraction of sp³-hybridized carbons (Fsp3) is 0.257. The zero-order valence-electron chi connectivity index (χ0n) is 25.8. The van der Waals surface area contributed by atoms with Crippen LogP contribution in [0.2, 0.25) is 0 Å². The van der Waals surface area contributed by atoms with E-state index in [9.17, 15) is 9.18 Å². The molecule has 1 saturated heterocycles. The van der Waals surface area contributed by atoms with Gasteiger partial charge in [0.2, 0.25) is 5.91 Å². The van der Waals surface area contributed by atoms with Crippen molar-refractivity contribution >= 4 is 33.5 Å². The predicted octanol–water partition coefficient (Wildman–Crippen LogP) is 5.95. The molecule has 1 aliphatic rings. The van der Waals surface area contributed by atoms with Crippen molar-refractivity contribution in [3.63, 3.8) is 0 Å². The molecule has 1 amide bonds. The van der Waals surface area contributed by atoms with Crippen LogP contribution in [0.1, 0.15) is 12.8 Å².